The molecule has 0 fully saturated rings. The molecule has 1 unspecified atom stereocenters. The predicted octanol–water partition coefficient (Wildman–Crippen LogP) is 5.17. The van der Waals surface area contributed by atoms with Crippen LogP contribution in [0.1, 0.15) is 26.3 Å². The van der Waals surface area contributed by atoms with Crippen LogP contribution in [-0.2, 0) is 11.3 Å². The zero-order valence-electron chi connectivity index (χ0n) is 17.0. The van der Waals surface area contributed by atoms with Crippen LogP contribution >= 0.6 is 11.8 Å². The minimum atomic E-state index is -0.390. The van der Waals surface area contributed by atoms with Gasteiger partial charge in [-0.3, -0.25) is 4.79 Å². The maximum Gasteiger partial charge on any atom is 0.237 e. The SMILES string of the molecule is Cc1cccc(NC(=O)C(C)Sc2nnc(-c3ccccc3F)n2CC(C)C)c1. The van der Waals surface area contributed by atoms with Gasteiger partial charge in [-0.1, -0.05) is 49.9 Å². The first kappa shape index (κ1) is 21.0. The summed E-state index contributed by atoms with van der Waals surface area (Å²) in [5.41, 5.74) is 2.25. The largest absolute Gasteiger partial charge is 0.325 e. The number of aryl methyl sites for hydroxylation is 1. The third kappa shape index (κ3) is 5.23. The van der Waals surface area contributed by atoms with Crippen molar-refractivity contribution < 1.29 is 9.18 Å². The van der Waals surface area contributed by atoms with Crippen molar-refractivity contribution in [3.05, 3.63) is 59.9 Å². The summed E-state index contributed by atoms with van der Waals surface area (Å²) in [6, 6.07) is 14.2. The van der Waals surface area contributed by atoms with Gasteiger partial charge >= 0.3 is 0 Å². The Kier molecular flexibility index (Phi) is 6.69. The number of rotatable bonds is 7. The maximum atomic E-state index is 14.3. The molecule has 1 N–H and O–H groups in total. The van der Waals surface area contributed by atoms with Crippen LogP contribution in [-0.4, -0.2) is 25.9 Å². The summed E-state index contributed by atoms with van der Waals surface area (Å²) in [5, 5.41) is 11.6. The minimum Gasteiger partial charge on any atom is -0.325 e. The summed E-state index contributed by atoms with van der Waals surface area (Å²) < 4.78 is 16.2. The standard InChI is InChI=1S/C22H25FN4OS/c1-14(2)13-27-20(18-10-5-6-11-19(18)23)25-26-22(27)29-16(4)21(28)24-17-9-7-8-15(3)12-17/h5-12,14,16H,13H2,1-4H3,(H,24,28). The van der Waals surface area contributed by atoms with Crippen molar-refractivity contribution in [1.82, 2.24) is 14.8 Å². The number of thioether (sulfide) groups is 1. The maximum absolute atomic E-state index is 14.3. The quantitative estimate of drug-likeness (QED) is 0.544. The number of anilines is 1. The minimum absolute atomic E-state index is 0.118. The molecule has 1 atom stereocenters. The Morgan fingerprint density at radius 1 is 1.14 bits per heavy atom. The number of amides is 1. The van der Waals surface area contributed by atoms with Crippen molar-refractivity contribution in [2.24, 2.45) is 5.92 Å². The number of hydrogen-bond acceptors (Lipinski definition) is 4. The van der Waals surface area contributed by atoms with Crippen LogP contribution < -0.4 is 5.32 Å². The first-order chi connectivity index (χ1) is 13.8. The molecule has 0 bridgehead atoms. The molecule has 0 saturated heterocycles. The molecule has 7 heteroatoms. The summed E-state index contributed by atoms with van der Waals surface area (Å²) in [6.07, 6.45) is 0. The summed E-state index contributed by atoms with van der Waals surface area (Å²) in [7, 11) is 0. The van der Waals surface area contributed by atoms with Crippen LogP contribution in [0.2, 0.25) is 0 Å². The molecule has 2 aromatic carbocycles. The Labute approximate surface area is 174 Å². The second-order valence-corrected chi connectivity index (χ2v) is 8.72. The number of hydrogen-bond donors (Lipinski definition) is 1. The third-order valence-corrected chi connectivity index (χ3v) is 5.40. The van der Waals surface area contributed by atoms with Gasteiger partial charge in [0.2, 0.25) is 5.91 Å². The van der Waals surface area contributed by atoms with E-state index in [1.807, 2.05) is 42.7 Å². The van der Waals surface area contributed by atoms with Gasteiger partial charge < -0.3 is 9.88 Å². The van der Waals surface area contributed by atoms with Crippen molar-refractivity contribution in [3.63, 3.8) is 0 Å². The normalized spacial score (nSPS) is 12.2. The van der Waals surface area contributed by atoms with E-state index in [1.54, 1.807) is 18.2 Å². The van der Waals surface area contributed by atoms with Crippen molar-refractivity contribution >= 4 is 23.4 Å². The van der Waals surface area contributed by atoms with Crippen molar-refractivity contribution in [3.8, 4) is 11.4 Å². The Morgan fingerprint density at radius 3 is 2.59 bits per heavy atom. The monoisotopic (exact) mass is 412 g/mol. The first-order valence-electron chi connectivity index (χ1n) is 9.57. The second kappa shape index (κ2) is 9.22. The highest BCUT2D eigenvalue weighted by Gasteiger charge is 2.22. The van der Waals surface area contributed by atoms with E-state index < -0.39 is 0 Å². The molecule has 0 aliphatic carbocycles. The lowest BCUT2D eigenvalue weighted by Gasteiger charge is -2.15. The number of carbonyl (C=O) groups excluding carboxylic acids is 1. The van der Waals surface area contributed by atoms with Crippen LogP contribution in [0, 0.1) is 18.7 Å². The molecule has 3 aromatic rings. The molecule has 1 heterocycles. The predicted molar refractivity (Wildman–Crippen MR) is 115 cm³/mol. The van der Waals surface area contributed by atoms with Gasteiger partial charge in [0.25, 0.3) is 0 Å². The van der Waals surface area contributed by atoms with Gasteiger partial charge in [0.05, 0.1) is 10.8 Å². The summed E-state index contributed by atoms with van der Waals surface area (Å²) in [5.74, 6) is 0.330. The Hall–Kier alpha value is -2.67. The van der Waals surface area contributed by atoms with E-state index in [-0.39, 0.29) is 17.0 Å². The summed E-state index contributed by atoms with van der Waals surface area (Å²) in [4.78, 5) is 12.6. The molecule has 0 aliphatic heterocycles. The highest BCUT2D eigenvalue weighted by molar-refractivity contribution is 8.00. The molecular weight excluding hydrogens is 387 g/mol. The number of benzene rings is 2. The van der Waals surface area contributed by atoms with Gasteiger partial charge in [-0.15, -0.1) is 10.2 Å². The lowest BCUT2D eigenvalue weighted by molar-refractivity contribution is -0.115. The van der Waals surface area contributed by atoms with Crippen LogP contribution in [0.15, 0.2) is 53.7 Å². The molecule has 0 aliphatic rings. The van der Waals surface area contributed by atoms with E-state index >= 15 is 0 Å². The Bertz CT molecular complexity index is 1000. The van der Waals surface area contributed by atoms with E-state index in [0.29, 0.717) is 29.0 Å². The lowest BCUT2D eigenvalue weighted by Crippen LogP contribution is -2.23. The fraction of sp³-hybridized carbons (Fsp3) is 0.318. The number of halogens is 1. The van der Waals surface area contributed by atoms with Crippen LogP contribution in [0.3, 0.4) is 0 Å². The zero-order valence-corrected chi connectivity index (χ0v) is 17.8. The van der Waals surface area contributed by atoms with Crippen LogP contribution in [0.4, 0.5) is 10.1 Å². The molecule has 5 nitrogen and oxygen atoms in total. The fourth-order valence-electron chi connectivity index (χ4n) is 2.93. The van der Waals surface area contributed by atoms with Crippen molar-refractivity contribution in [2.75, 3.05) is 5.32 Å². The first-order valence-corrected chi connectivity index (χ1v) is 10.5. The van der Waals surface area contributed by atoms with E-state index in [9.17, 15) is 9.18 Å². The molecule has 3 rings (SSSR count). The molecule has 29 heavy (non-hydrogen) atoms. The van der Waals surface area contributed by atoms with Gasteiger partial charge in [-0.2, -0.15) is 0 Å². The molecular formula is C22H25FN4OS. The van der Waals surface area contributed by atoms with E-state index in [1.165, 1.54) is 17.8 Å². The smallest absolute Gasteiger partial charge is 0.237 e. The van der Waals surface area contributed by atoms with E-state index in [4.69, 9.17) is 0 Å². The highest BCUT2D eigenvalue weighted by Crippen LogP contribution is 2.29. The second-order valence-electron chi connectivity index (χ2n) is 7.41. The topological polar surface area (TPSA) is 59.8 Å². The Morgan fingerprint density at radius 2 is 1.90 bits per heavy atom. The van der Waals surface area contributed by atoms with Gasteiger partial charge in [0, 0.05) is 12.2 Å². The zero-order chi connectivity index (χ0) is 21.0. The summed E-state index contributed by atoms with van der Waals surface area (Å²) in [6.45, 7) is 8.59. The number of nitrogens with zero attached hydrogens (tertiary/aromatic N) is 3. The average molecular weight is 413 g/mol. The highest BCUT2D eigenvalue weighted by atomic mass is 32.2. The molecule has 1 aromatic heterocycles. The van der Waals surface area contributed by atoms with Gasteiger partial charge in [-0.05, 0) is 49.6 Å². The van der Waals surface area contributed by atoms with Gasteiger partial charge in [0.15, 0.2) is 11.0 Å². The van der Waals surface area contributed by atoms with Gasteiger partial charge in [0.1, 0.15) is 5.82 Å². The molecule has 0 radical (unpaired) electrons. The lowest BCUT2D eigenvalue weighted by atomic mass is 10.2. The van der Waals surface area contributed by atoms with Crippen LogP contribution in [0.25, 0.3) is 11.4 Å². The molecule has 0 spiro atoms. The number of nitrogens with one attached hydrogen (secondary N) is 1. The van der Waals surface area contributed by atoms with Crippen LogP contribution in [0.5, 0.6) is 0 Å². The van der Waals surface area contributed by atoms with E-state index in [2.05, 4.69) is 29.4 Å². The number of aromatic nitrogens is 3. The van der Waals surface area contributed by atoms with Crippen molar-refractivity contribution in [1.29, 1.82) is 0 Å². The molecule has 1 amide bonds. The van der Waals surface area contributed by atoms with Crippen molar-refractivity contribution in [2.45, 2.75) is 44.6 Å². The third-order valence-electron chi connectivity index (χ3n) is 4.32. The summed E-state index contributed by atoms with van der Waals surface area (Å²) >= 11 is 1.32. The Balaban J connectivity index is 1.82. The van der Waals surface area contributed by atoms with Gasteiger partial charge in [-0.25, -0.2) is 4.39 Å². The fourth-order valence-corrected chi connectivity index (χ4v) is 3.78. The number of carbonyl (C=O) groups is 1. The molecule has 152 valence electrons. The van der Waals surface area contributed by atoms with E-state index in [0.717, 1.165) is 11.3 Å². The average Bonchev–Trinajstić information content (AvgIpc) is 3.03. The molecule has 0 saturated carbocycles.